The van der Waals surface area contributed by atoms with Crippen molar-refractivity contribution >= 4 is 5.91 Å². The zero-order chi connectivity index (χ0) is 23.7. The van der Waals surface area contributed by atoms with Gasteiger partial charge in [0.2, 0.25) is 5.91 Å². The van der Waals surface area contributed by atoms with Crippen LogP contribution in [0.25, 0.3) is 0 Å². The van der Waals surface area contributed by atoms with Gasteiger partial charge in [-0.05, 0) is 80.7 Å². The molecule has 0 radical (unpaired) electrons. The molecule has 2 saturated carbocycles. The Kier molecular flexibility index (Phi) is 6.67. The number of carbonyl (C=O) groups excluding carboxylic acids is 1. The van der Waals surface area contributed by atoms with Crippen LogP contribution in [-0.2, 0) is 11.2 Å². The van der Waals surface area contributed by atoms with Crippen LogP contribution in [0.15, 0.2) is 42.6 Å². The number of aromatic nitrogens is 1. The summed E-state index contributed by atoms with van der Waals surface area (Å²) in [4.78, 5) is 17.5. The Bertz CT molecular complexity index is 1030. The molecule has 3 N–H and O–H groups in total. The van der Waals surface area contributed by atoms with Gasteiger partial charge in [-0.25, -0.2) is 14.2 Å². The highest BCUT2D eigenvalue weighted by Gasteiger charge is 2.44. The highest BCUT2D eigenvalue weighted by Crippen LogP contribution is 2.41. The third-order valence-electron chi connectivity index (χ3n) is 8.00. The molecule has 5 nitrogen and oxygen atoms in total. The van der Waals surface area contributed by atoms with Crippen molar-refractivity contribution in [3.8, 4) is 0 Å². The Morgan fingerprint density at radius 1 is 1.21 bits per heavy atom. The maximum Gasteiger partial charge on any atom is 0.223 e. The number of alkyl halides is 1. The first-order chi connectivity index (χ1) is 16.4. The van der Waals surface area contributed by atoms with E-state index in [0.29, 0.717) is 30.4 Å². The van der Waals surface area contributed by atoms with E-state index in [9.17, 15) is 9.18 Å². The summed E-state index contributed by atoms with van der Waals surface area (Å²) in [7, 11) is 0. The van der Waals surface area contributed by atoms with Gasteiger partial charge in [0.1, 0.15) is 11.5 Å². The average molecular weight is 469 g/mol. The number of hydrazine groups is 1. The van der Waals surface area contributed by atoms with E-state index in [0.717, 1.165) is 31.4 Å². The molecule has 3 aliphatic rings. The van der Waals surface area contributed by atoms with Gasteiger partial charge in [-0.2, -0.15) is 0 Å². The number of hydrogen-bond acceptors (Lipinski definition) is 4. The molecule has 6 unspecified atom stereocenters. The van der Waals surface area contributed by atoms with Gasteiger partial charge in [0.25, 0.3) is 0 Å². The number of nitrogens with one attached hydrogen (secondary N) is 3. The van der Waals surface area contributed by atoms with E-state index >= 15 is 4.39 Å². The number of rotatable bonds is 5. The summed E-state index contributed by atoms with van der Waals surface area (Å²) in [6.07, 6.45) is 6.57. The molecule has 6 atom stereocenters. The van der Waals surface area contributed by atoms with E-state index in [2.05, 4.69) is 27.2 Å². The molecular formula is C27H34F2N4O. The van der Waals surface area contributed by atoms with Crippen LogP contribution < -0.4 is 16.2 Å². The van der Waals surface area contributed by atoms with Crippen LogP contribution in [0.5, 0.6) is 0 Å². The molecule has 0 spiro atoms. The summed E-state index contributed by atoms with van der Waals surface area (Å²) < 4.78 is 29.8. The molecule has 2 heterocycles. The maximum absolute atomic E-state index is 15.7. The van der Waals surface area contributed by atoms with Crippen molar-refractivity contribution in [1.29, 1.82) is 0 Å². The van der Waals surface area contributed by atoms with Crippen molar-refractivity contribution in [2.45, 2.75) is 82.1 Å². The molecular weight excluding hydrogens is 434 g/mol. The van der Waals surface area contributed by atoms with Gasteiger partial charge in [-0.3, -0.25) is 15.2 Å². The van der Waals surface area contributed by atoms with Gasteiger partial charge in [0, 0.05) is 42.7 Å². The van der Waals surface area contributed by atoms with Gasteiger partial charge < -0.3 is 5.32 Å². The van der Waals surface area contributed by atoms with Crippen LogP contribution in [0, 0.1) is 24.6 Å². The fourth-order valence-electron chi connectivity index (χ4n) is 6.28. The third-order valence-corrected chi connectivity index (χ3v) is 8.00. The summed E-state index contributed by atoms with van der Waals surface area (Å²) in [6.45, 7) is 1.99. The van der Waals surface area contributed by atoms with Crippen molar-refractivity contribution in [2.24, 2.45) is 11.8 Å². The Morgan fingerprint density at radius 3 is 2.88 bits per heavy atom. The standard InChI is InChI=1S/C27H34F2N4O/c1-17-13-18(10-12-30-17)25-22-14-19(8-9-24(22)32-33-25)26(34)31-21-6-4-11-27(29,16-21)15-20-5-2-3-7-23(20)28/h2-3,5,7,10,12-13,19,21-22,24-25,32-33H,4,6,8-9,11,14-16H2,1H3,(H,31,34). The molecule has 1 aromatic carbocycles. The van der Waals surface area contributed by atoms with Crippen molar-refractivity contribution in [3.63, 3.8) is 0 Å². The van der Waals surface area contributed by atoms with Gasteiger partial charge in [-0.1, -0.05) is 18.2 Å². The molecule has 2 aliphatic carbocycles. The molecule has 2 aromatic rings. The highest BCUT2D eigenvalue weighted by atomic mass is 19.1. The van der Waals surface area contributed by atoms with E-state index in [-0.39, 0.29) is 42.6 Å². The summed E-state index contributed by atoms with van der Waals surface area (Å²) in [5, 5.41) is 3.16. The second kappa shape index (κ2) is 9.70. The fraction of sp³-hybridized carbons (Fsp3) is 0.556. The SMILES string of the molecule is Cc1cc(C2NNC3CCC(C(=O)NC4CCCC(F)(Cc5ccccc5F)C4)CC32)ccn1. The first-order valence-corrected chi connectivity index (χ1v) is 12.6. The molecule has 1 aliphatic heterocycles. The fourth-order valence-corrected chi connectivity index (χ4v) is 6.28. The lowest BCUT2D eigenvalue weighted by molar-refractivity contribution is -0.127. The lowest BCUT2D eigenvalue weighted by Crippen LogP contribution is -2.48. The zero-order valence-corrected chi connectivity index (χ0v) is 19.7. The van der Waals surface area contributed by atoms with Gasteiger partial charge in [-0.15, -0.1) is 0 Å². The lowest BCUT2D eigenvalue weighted by atomic mass is 9.74. The van der Waals surface area contributed by atoms with Crippen LogP contribution in [0.4, 0.5) is 8.78 Å². The minimum absolute atomic E-state index is 0.0372. The lowest BCUT2D eigenvalue weighted by Gasteiger charge is -2.37. The molecule has 34 heavy (non-hydrogen) atoms. The molecule has 182 valence electrons. The monoisotopic (exact) mass is 468 g/mol. The molecule has 1 saturated heterocycles. The second-order valence-electron chi connectivity index (χ2n) is 10.5. The van der Waals surface area contributed by atoms with E-state index in [1.54, 1.807) is 18.2 Å². The number of hydrogen-bond donors (Lipinski definition) is 3. The van der Waals surface area contributed by atoms with E-state index in [1.807, 2.05) is 19.2 Å². The topological polar surface area (TPSA) is 66.0 Å². The van der Waals surface area contributed by atoms with Gasteiger partial charge in [0.15, 0.2) is 0 Å². The van der Waals surface area contributed by atoms with E-state index in [4.69, 9.17) is 0 Å². The number of halogens is 2. The predicted octanol–water partition coefficient (Wildman–Crippen LogP) is 4.47. The summed E-state index contributed by atoms with van der Waals surface area (Å²) >= 11 is 0. The number of pyridine rings is 1. The predicted molar refractivity (Wildman–Crippen MR) is 127 cm³/mol. The number of fused-ring (bicyclic) bond motifs is 1. The normalized spacial score (nSPS) is 33.3. The molecule has 5 rings (SSSR count). The molecule has 1 aromatic heterocycles. The van der Waals surface area contributed by atoms with Crippen molar-refractivity contribution in [2.75, 3.05) is 0 Å². The minimum atomic E-state index is -1.49. The smallest absolute Gasteiger partial charge is 0.223 e. The molecule has 0 bridgehead atoms. The van der Waals surface area contributed by atoms with Crippen LogP contribution in [0.2, 0.25) is 0 Å². The number of carbonyl (C=O) groups is 1. The summed E-state index contributed by atoms with van der Waals surface area (Å²) in [5.41, 5.74) is 7.95. The van der Waals surface area contributed by atoms with E-state index < -0.39 is 5.67 Å². The Balaban J connectivity index is 1.21. The number of amides is 1. The van der Waals surface area contributed by atoms with Gasteiger partial charge in [0.05, 0.1) is 6.04 Å². The zero-order valence-electron chi connectivity index (χ0n) is 19.7. The number of benzene rings is 1. The van der Waals surface area contributed by atoms with Crippen LogP contribution in [-0.4, -0.2) is 28.6 Å². The average Bonchev–Trinajstić information content (AvgIpc) is 3.24. The number of aryl methyl sites for hydroxylation is 1. The molecule has 7 heteroatoms. The largest absolute Gasteiger partial charge is 0.353 e. The summed E-state index contributed by atoms with van der Waals surface area (Å²) in [6, 6.07) is 10.8. The van der Waals surface area contributed by atoms with Crippen molar-refractivity contribution in [3.05, 3.63) is 65.2 Å². The first-order valence-electron chi connectivity index (χ1n) is 12.6. The van der Waals surface area contributed by atoms with Crippen LogP contribution in [0.3, 0.4) is 0 Å². The Morgan fingerprint density at radius 2 is 2.06 bits per heavy atom. The Hall–Kier alpha value is -2.38. The van der Waals surface area contributed by atoms with Crippen LogP contribution >= 0.6 is 0 Å². The first kappa shape index (κ1) is 23.4. The highest BCUT2D eigenvalue weighted by molar-refractivity contribution is 5.79. The Labute approximate surface area is 200 Å². The van der Waals surface area contributed by atoms with Gasteiger partial charge >= 0.3 is 0 Å². The molecule has 1 amide bonds. The van der Waals surface area contributed by atoms with E-state index in [1.165, 1.54) is 11.6 Å². The molecule has 3 fully saturated rings. The number of nitrogens with zero attached hydrogens (tertiary/aromatic N) is 1. The van der Waals surface area contributed by atoms with Crippen LogP contribution in [0.1, 0.15) is 67.8 Å². The minimum Gasteiger partial charge on any atom is -0.353 e. The van der Waals surface area contributed by atoms with Crippen molar-refractivity contribution < 1.29 is 13.6 Å². The third kappa shape index (κ3) is 5.01. The van der Waals surface area contributed by atoms with Crippen molar-refractivity contribution in [1.82, 2.24) is 21.2 Å². The maximum atomic E-state index is 15.7. The second-order valence-corrected chi connectivity index (χ2v) is 10.5. The summed E-state index contributed by atoms with van der Waals surface area (Å²) in [5.74, 6) is -0.0785. The quantitative estimate of drug-likeness (QED) is 0.606.